The van der Waals surface area contributed by atoms with Gasteiger partial charge in [-0.1, -0.05) is 110 Å². The second-order valence-corrected chi connectivity index (χ2v) is 7.95. The third kappa shape index (κ3) is 5.58. The molecule has 0 aliphatic heterocycles. The van der Waals surface area contributed by atoms with E-state index < -0.39 is 0 Å². The number of benzene rings is 4. The smallest absolute Gasteiger partial charge is 0.0490 e. The zero-order valence-electron chi connectivity index (χ0n) is 19.1. The van der Waals surface area contributed by atoms with Crippen LogP contribution in [0.25, 0.3) is 11.1 Å². The van der Waals surface area contributed by atoms with Gasteiger partial charge in [-0.05, 0) is 65.9 Å². The minimum Gasteiger partial charge on any atom is -0.310 e. The highest BCUT2D eigenvalue weighted by molar-refractivity contribution is 5.79. The molecule has 1 heteroatoms. The van der Waals surface area contributed by atoms with Crippen molar-refractivity contribution in [1.82, 2.24) is 0 Å². The van der Waals surface area contributed by atoms with Gasteiger partial charge in [-0.15, -0.1) is 0 Å². The van der Waals surface area contributed by atoms with Gasteiger partial charge >= 0.3 is 0 Å². The van der Waals surface area contributed by atoms with Crippen molar-refractivity contribution in [2.75, 3.05) is 4.90 Å². The van der Waals surface area contributed by atoms with Crippen LogP contribution in [0.4, 0.5) is 17.1 Å². The number of nitrogens with zero attached hydrogens (tertiary/aromatic N) is 1. The topological polar surface area (TPSA) is 3.24 Å². The van der Waals surface area contributed by atoms with Crippen molar-refractivity contribution in [2.45, 2.75) is 13.3 Å². The molecule has 0 radical (unpaired) electrons. The molecule has 0 saturated heterocycles. The fraction of sp³-hybridized carbons (Fsp3) is 0.0625. The van der Waals surface area contributed by atoms with E-state index in [0.717, 1.165) is 17.8 Å². The summed E-state index contributed by atoms with van der Waals surface area (Å²) in [4.78, 5) is 2.33. The zero-order chi connectivity index (χ0) is 22.9. The van der Waals surface area contributed by atoms with Crippen LogP contribution in [-0.4, -0.2) is 0 Å². The molecule has 0 aliphatic rings. The van der Waals surface area contributed by atoms with Crippen LogP contribution in [0.1, 0.15) is 11.1 Å². The van der Waals surface area contributed by atoms with Gasteiger partial charge < -0.3 is 4.90 Å². The fourth-order valence-electron chi connectivity index (χ4n) is 3.88. The molecule has 0 atom stereocenters. The summed E-state index contributed by atoms with van der Waals surface area (Å²) in [5.41, 5.74) is 8.45. The Labute approximate surface area is 197 Å². The molecule has 0 spiro atoms. The van der Waals surface area contributed by atoms with E-state index in [1.807, 2.05) is 12.2 Å². The van der Waals surface area contributed by atoms with Gasteiger partial charge in [0, 0.05) is 17.1 Å². The second kappa shape index (κ2) is 11.0. The lowest BCUT2D eigenvalue weighted by molar-refractivity contribution is 1.22. The molecule has 0 saturated carbocycles. The van der Waals surface area contributed by atoms with Gasteiger partial charge in [-0.25, -0.2) is 0 Å². The van der Waals surface area contributed by atoms with Gasteiger partial charge in [0.15, 0.2) is 0 Å². The summed E-state index contributed by atoms with van der Waals surface area (Å²) in [7, 11) is 0. The van der Waals surface area contributed by atoms with Crippen molar-refractivity contribution in [2.24, 2.45) is 0 Å². The van der Waals surface area contributed by atoms with E-state index >= 15 is 0 Å². The largest absolute Gasteiger partial charge is 0.310 e. The SMILES string of the molecule is C=C/C=C\C=C/Cc1ccc(N(c2ccc(-c3ccccc3)cc2)c2ccccc2C)cc1. The van der Waals surface area contributed by atoms with E-state index in [-0.39, 0.29) is 0 Å². The van der Waals surface area contributed by atoms with Crippen molar-refractivity contribution in [1.29, 1.82) is 0 Å². The van der Waals surface area contributed by atoms with Crippen LogP contribution < -0.4 is 4.90 Å². The van der Waals surface area contributed by atoms with Crippen molar-refractivity contribution in [3.8, 4) is 11.1 Å². The maximum atomic E-state index is 3.69. The van der Waals surface area contributed by atoms with E-state index in [4.69, 9.17) is 0 Å². The second-order valence-electron chi connectivity index (χ2n) is 7.95. The highest BCUT2D eigenvalue weighted by Crippen LogP contribution is 2.37. The Balaban J connectivity index is 1.65. The number of aryl methyl sites for hydroxylation is 1. The van der Waals surface area contributed by atoms with Crippen molar-refractivity contribution < 1.29 is 0 Å². The van der Waals surface area contributed by atoms with Gasteiger partial charge in [-0.3, -0.25) is 0 Å². The third-order valence-electron chi connectivity index (χ3n) is 5.63. The summed E-state index contributed by atoms with van der Waals surface area (Å²) in [5, 5.41) is 0. The number of allylic oxidation sites excluding steroid dienone is 5. The summed E-state index contributed by atoms with van der Waals surface area (Å²) in [5.74, 6) is 0. The minimum absolute atomic E-state index is 0.901. The summed E-state index contributed by atoms with van der Waals surface area (Å²) in [6.07, 6.45) is 10.8. The molecule has 0 fully saturated rings. The molecule has 0 bridgehead atoms. The van der Waals surface area contributed by atoms with Gasteiger partial charge in [0.05, 0.1) is 0 Å². The third-order valence-corrected chi connectivity index (χ3v) is 5.63. The number of anilines is 3. The van der Waals surface area contributed by atoms with Crippen molar-refractivity contribution >= 4 is 17.1 Å². The first-order valence-electron chi connectivity index (χ1n) is 11.3. The molecule has 0 N–H and O–H groups in total. The number of rotatable bonds is 8. The molecule has 0 aromatic heterocycles. The van der Waals surface area contributed by atoms with Gasteiger partial charge in [0.1, 0.15) is 0 Å². The number of hydrogen-bond acceptors (Lipinski definition) is 1. The molecule has 33 heavy (non-hydrogen) atoms. The molecular weight excluding hydrogens is 398 g/mol. The van der Waals surface area contributed by atoms with E-state index in [1.165, 1.54) is 27.9 Å². The normalized spacial score (nSPS) is 11.2. The minimum atomic E-state index is 0.901. The van der Waals surface area contributed by atoms with Crippen LogP contribution in [0.2, 0.25) is 0 Å². The van der Waals surface area contributed by atoms with Gasteiger partial charge in [0.2, 0.25) is 0 Å². The Kier molecular flexibility index (Phi) is 7.35. The lowest BCUT2D eigenvalue weighted by Gasteiger charge is -2.27. The maximum Gasteiger partial charge on any atom is 0.0490 e. The number of para-hydroxylation sites is 1. The highest BCUT2D eigenvalue weighted by Gasteiger charge is 2.14. The zero-order valence-corrected chi connectivity index (χ0v) is 19.1. The van der Waals surface area contributed by atoms with Crippen molar-refractivity contribution in [3.05, 3.63) is 151 Å². The maximum absolute atomic E-state index is 3.69. The van der Waals surface area contributed by atoms with E-state index in [1.54, 1.807) is 6.08 Å². The van der Waals surface area contributed by atoms with Crippen LogP contribution in [0.15, 0.2) is 140 Å². The molecule has 4 rings (SSSR count). The fourth-order valence-corrected chi connectivity index (χ4v) is 3.88. The highest BCUT2D eigenvalue weighted by atomic mass is 15.1. The molecule has 4 aromatic carbocycles. The van der Waals surface area contributed by atoms with E-state index in [9.17, 15) is 0 Å². The van der Waals surface area contributed by atoms with E-state index in [0.29, 0.717) is 0 Å². The average Bonchev–Trinajstić information content (AvgIpc) is 2.87. The van der Waals surface area contributed by atoms with Gasteiger partial charge in [0.25, 0.3) is 0 Å². The predicted molar refractivity (Wildman–Crippen MR) is 143 cm³/mol. The average molecular weight is 428 g/mol. The quantitative estimate of drug-likeness (QED) is 0.254. The standard InChI is InChI=1S/C32H29N/c1-3-4-5-6-8-14-27-18-22-30(23-19-27)33(32-17-12-11-13-26(32)2)31-24-20-29(21-25-31)28-15-9-7-10-16-28/h3-13,15-25H,1,14H2,2H3/b5-4-,8-6-. The Hall–Kier alpha value is -4.10. The van der Waals surface area contributed by atoms with Crippen LogP contribution in [0.5, 0.6) is 0 Å². The Morgan fingerprint density at radius 3 is 1.91 bits per heavy atom. The van der Waals surface area contributed by atoms with E-state index in [2.05, 4.69) is 134 Å². The first kappa shape index (κ1) is 22.1. The molecule has 0 aliphatic carbocycles. The van der Waals surface area contributed by atoms with Crippen LogP contribution >= 0.6 is 0 Å². The van der Waals surface area contributed by atoms with Crippen LogP contribution in [-0.2, 0) is 6.42 Å². The predicted octanol–water partition coefficient (Wildman–Crippen LogP) is 8.97. The molecule has 0 amide bonds. The summed E-state index contributed by atoms with van der Waals surface area (Å²) in [6, 6.07) is 36.7. The lowest BCUT2D eigenvalue weighted by Crippen LogP contribution is -2.11. The van der Waals surface area contributed by atoms with Gasteiger partial charge in [-0.2, -0.15) is 0 Å². The molecular formula is C32H29N. The molecule has 0 heterocycles. The first-order valence-corrected chi connectivity index (χ1v) is 11.3. The summed E-state index contributed by atoms with van der Waals surface area (Å²) in [6.45, 7) is 5.86. The van der Waals surface area contributed by atoms with Crippen molar-refractivity contribution in [3.63, 3.8) is 0 Å². The molecule has 0 unspecified atom stereocenters. The van der Waals surface area contributed by atoms with Crippen LogP contribution in [0, 0.1) is 6.92 Å². The Morgan fingerprint density at radius 2 is 1.24 bits per heavy atom. The Bertz CT molecular complexity index is 1230. The Morgan fingerprint density at radius 1 is 0.636 bits per heavy atom. The molecule has 162 valence electrons. The summed E-state index contributed by atoms with van der Waals surface area (Å²) < 4.78 is 0. The molecule has 1 nitrogen and oxygen atoms in total. The lowest BCUT2D eigenvalue weighted by atomic mass is 10.0. The monoisotopic (exact) mass is 427 g/mol. The number of hydrogen-bond donors (Lipinski definition) is 0. The summed E-state index contributed by atoms with van der Waals surface area (Å²) >= 11 is 0. The molecule has 4 aromatic rings. The first-order chi connectivity index (χ1) is 16.3. The van der Waals surface area contributed by atoms with Crippen LogP contribution in [0.3, 0.4) is 0 Å².